The average Bonchev–Trinajstić information content (AvgIpc) is 3.92. The first kappa shape index (κ1) is 39.2. The minimum Gasteiger partial charge on any atom is -0.310 e. The van der Waals surface area contributed by atoms with E-state index in [9.17, 15) is 0 Å². The van der Waals surface area contributed by atoms with Gasteiger partial charge in [-0.3, -0.25) is 0 Å². The Morgan fingerprint density at radius 3 is 1.62 bits per heavy atom. The van der Waals surface area contributed by atoms with Crippen LogP contribution < -0.4 is 4.90 Å². The first-order chi connectivity index (χ1) is 34.2. The molecule has 0 N–H and O–H groups in total. The summed E-state index contributed by atoms with van der Waals surface area (Å²) < 4.78 is 2.52. The van der Waals surface area contributed by atoms with Gasteiger partial charge in [0.2, 0.25) is 0 Å². The summed E-state index contributed by atoms with van der Waals surface area (Å²) in [4.78, 5) is 2.44. The van der Waals surface area contributed by atoms with Crippen LogP contribution in [0, 0.1) is 0 Å². The zero-order chi connectivity index (χ0) is 45.5. The van der Waals surface area contributed by atoms with E-state index in [1.165, 1.54) is 88.7 Å². The third kappa shape index (κ3) is 5.92. The molecule has 1 aliphatic heterocycles. The highest BCUT2D eigenvalue weighted by Gasteiger charge is 2.50. The van der Waals surface area contributed by atoms with Crippen molar-refractivity contribution in [3.8, 4) is 61.3 Å². The number of fused-ring (bicyclic) bond motifs is 12. The molecule has 11 aromatic carbocycles. The van der Waals surface area contributed by atoms with Gasteiger partial charge in [-0.05, 0) is 127 Å². The first-order valence-corrected chi connectivity index (χ1v) is 23.9. The molecule has 0 amide bonds. The van der Waals surface area contributed by atoms with Crippen LogP contribution in [-0.4, -0.2) is 4.57 Å². The molecule has 2 nitrogen and oxygen atoms in total. The Balaban J connectivity index is 0.977. The molecule has 2 heterocycles. The number of rotatable bonds is 7. The fourth-order valence-electron chi connectivity index (χ4n) is 11.8. The first-order valence-electron chi connectivity index (χ1n) is 23.9. The van der Waals surface area contributed by atoms with E-state index in [4.69, 9.17) is 0 Å². The third-order valence-corrected chi connectivity index (χ3v) is 14.8. The summed E-state index contributed by atoms with van der Waals surface area (Å²) in [7, 11) is 0. The quantitative estimate of drug-likeness (QED) is 0.155. The Morgan fingerprint density at radius 2 is 0.826 bits per heavy atom. The second-order valence-corrected chi connectivity index (χ2v) is 18.4. The lowest BCUT2D eigenvalue weighted by Gasteiger charge is -2.39. The molecular weight excluding hydrogens is 833 g/mol. The van der Waals surface area contributed by atoms with E-state index in [1.807, 2.05) is 0 Å². The molecule has 0 bridgehead atoms. The summed E-state index contributed by atoms with van der Waals surface area (Å²) in [6.45, 7) is 0. The molecule has 12 aromatic rings. The van der Waals surface area contributed by atoms with Gasteiger partial charge in [-0.1, -0.05) is 212 Å². The van der Waals surface area contributed by atoms with Gasteiger partial charge in [0, 0.05) is 27.7 Å². The van der Waals surface area contributed by atoms with Crippen molar-refractivity contribution < 1.29 is 0 Å². The summed E-state index contributed by atoms with van der Waals surface area (Å²) >= 11 is 0. The number of aromatic nitrogens is 1. The number of benzene rings is 11. The van der Waals surface area contributed by atoms with E-state index in [0.717, 1.165) is 33.8 Å². The van der Waals surface area contributed by atoms with Crippen molar-refractivity contribution in [2.75, 3.05) is 4.90 Å². The molecule has 69 heavy (non-hydrogen) atoms. The molecule has 1 atom stereocenters. The van der Waals surface area contributed by atoms with Crippen LogP contribution in [0.15, 0.2) is 267 Å². The Kier molecular flexibility index (Phi) is 8.84. The number of para-hydroxylation sites is 3. The van der Waals surface area contributed by atoms with Gasteiger partial charge in [0.15, 0.2) is 0 Å². The fourth-order valence-corrected chi connectivity index (χ4v) is 11.8. The molecule has 1 aromatic heterocycles. The highest BCUT2D eigenvalue weighted by Crippen LogP contribution is 2.61. The maximum Gasteiger partial charge on any atom is 0.0754 e. The summed E-state index contributed by atoms with van der Waals surface area (Å²) in [6, 6.07) is 98.6. The van der Waals surface area contributed by atoms with Crippen LogP contribution in [0.3, 0.4) is 0 Å². The Bertz CT molecular complexity index is 3940. The van der Waals surface area contributed by atoms with Gasteiger partial charge in [0.05, 0.1) is 27.8 Å². The highest BCUT2D eigenvalue weighted by atomic mass is 15.1. The molecule has 322 valence electrons. The van der Waals surface area contributed by atoms with Crippen LogP contribution >= 0.6 is 0 Å². The van der Waals surface area contributed by atoms with E-state index in [2.05, 4.69) is 276 Å². The van der Waals surface area contributed by atoms with E-state index in [0.29, 0.717) is 0 Å². The predicted molar refractivity (Wildman–Crippen MR) is 288 cm³/mol. The zero-order valence-corrected chi connectivity index (χ0v) is 37.8. The van der Waals surface area contributed by atoms with Gasteiger partial charge in [-0.2, -0.15) is 0 Å². The molecular formula is C67H44N2. The molecule has 1 spiro atoms. The summed E-state index contributed by atoms with van der Waals surface area (Å²) in [5, 5.41) is 2.57. The second-order valence-electron chi connectivity index (χ2n) is 18.4. The van der Waals surface area contributed by atoms with Gasteiger partial charge in [0.1, 0.15) is 0 Å². The molecule has 0 radical (unpaired) electrons. The Morgan fingerprint density at radius 1 is 0.290 bits per heavy atom. The van der Waals surface area contributed by atoms with E-state index >= 15 is 0 Å². The lowest BCUT2D eigenvalue weighted by atomic mass is 9.65. The van der Waals surface area contributed by atoms with Crippen molar-refractivity contribution in [2.24, 2.45) is 0 Å². The van der Waals surface area contributed by atoms with Crippen molar-refractivity contribution >= 4 is 38.9 Å². The Hall–Kier alpha value is -8.98. The van der Waals surface area contributed by atoms with E-state index < -0.39 is 5.41 Å². The molecule has 14 rings (SSSR count). The van der Waals surface area contributed by atoms with E-state index in [1.54, 1.807) is 0 Å². The SMILES string of the molecule is c1ccc(-c2ccc(N(c3cccc(-c4ccc5c(c4)C4(c6ccccc6-5)c5ccccc5-n5c6ccccc6c6cccc4c65)c3)c3ccc(-c4ccccc4)cc3-c3ccccc3)cc2)cc1. The molecule has 0 saturated carbocycles. The largest absolute Gasteiger partial charge is 0.310 e. The van der Waals surface area contributed by atoms with Crippen LogP contribution in [0.5, 0.6) is 0 Å². The van der Waals surface area contributed by atoms with Gasteiger partial charge in [0.25, 0.3) is 0 Å². The summed E-state index contributed by atoms with van der Waals surface area (Å²) in [6.07, 6.45) is 0. The summed E-state index contributed by atoms with van der Waals surface area (Å²) in [5.74, 6) is 0. The van der Waals surface area contributed by atoms with Crippen LogP contribution in [0.2, 0.25) is 0 Å². The van der Waals surface area contributed by atoms with Gasteiger partial charge >= 0.3 is 0 Å². The standard InChI is InChI=1S/C67H44N2/c1-4-18-45(19-5-1)47-34-38-52(39-35-47)68(64-41-37-50(46-20-6-2-7-21-46)43-58(64)48-22-8-3-9-23-48)53-25-16-24-49(42-53)51-36-40-55-54-26-10-12-29-59(54)67(62(55)44-51)60-30-13-15-33-65(60)69-63-32-14-11-27-56(63)57-28-17-31-61(67)66(57)69/h1-44H. The lowest BCUT2D eigenvalue weighted by Crippen LogP contribution is -2.33. The van der Waals surface area contributed by atoms with Crippen LogP contribution in [-0.2, 0) is 5.41 Å². The van der Waals surface area contributed by atoms with Crippen LogP contribution in [0.4, 0.5) is 17.1 Å². The van der Waals surface area contributed by atoms with Gasteiger partial charge < -0.3 is 9.47 Å². The van der Waals surface area contributed by atoms with Gasteiger partial charge in [-0.25, -0.2) is 0 Å². The Labute approximate surface area is 402 Å². The zero-order valence-electron chi connectivity index (χ0n) is 37.8. The van der Waals surface area contributed by atoms with E-state index in [-0.39, 0.29) is 0 Å². The molecule has 2 heteroatoms. The molecule has 2 aliphatic rings. The monoisotopic (exact) mass is 876 g/mol. The van der Waals surface area contributed by atoms with Crippen LogP contribution in [0.25, 0.3) is 83.1 Å². The summed E-state index contributed by atoms with van der Waals surface area (Å²) in [5.41, 5.74) is 23.8. The van der Waals surface area contributed by atoms with Gasteiger partial charge in [-0.15, -0.1) is 0 Å². The second kappa shape index (κ2) is 15.6. The fraction of sp³-hybridized carbons (Fsp3) is 0.0149. The van der Waals surface area contributed by atoms with Crippen molar-refractivity contribution in [3.05, 3.63) is 289 Å². The maximum absolute atomic E-state index is 2.52. The number of nitrogens with zero attached hydrogens (tertiary/aromatic N) is 2. The minimum atomic E-state index is -0.530. The van der Waals surface area contributed by atoms with Crippen LogP contribution in [0.1, 0.15) is 22.3 Å². The average molecular weight is 877 g/mol. The van der Waals surface area contributed by atoms with Crippen molar-refractivity contribution in [1.29, 1.82) is 0 Å². The number of hydrogen-bond donors (Lipinski definition) is 0. The van der Waals surface area contributed by atoms with Crippen molar-refractivity contribution in [2.45, 2.75) is 5.41 Å². The third-order valence-electron chi connectivity index (χ3n) is 14.8. The number of hydrogen-bond acceptors (Lipinski definition) is 1. The molecule has 1 aliphatic carbocycles. The topological polar surface area (TPSA) is 8.17 Å². The van der Waals surface area contributed by atoms with Crippen molar-refractivity contribution in [1.82, 2.24) is 4.57 Å². The lowest BCUT2D eigenvalue weighted by molar-refractivity contribution is 0.749. The molecule has 0 fully saturated rings. The van der Waals surface area contributed by atoms with Crippen molar-refractivity contribution in [3.63, 3.8) is 0 Å². The minimum absolute atomic E-state index is 0.530. The maximum atomic E-state index is 2.52. The smallest absolute Gasteiger partial charge is 0.0754 e. The highest BCUT2D eigenvalue weighted by molar-refractivity contribution is 6.13. The molecule has 0 saturated heterocycles. The number of anilines is 3. The predicted octanol–water partition coefficient (Wildman–Crippen LogP) is 17.6. The normalized spacial score (nSPS) is 14.1. The molecule has 1 unspecified atom stereocenters.